The van der Waals surface area contributed by atoms with Gasteiger partial charge in [0.15, 0.2) is 0 Å². The first-order valence-corrected chi connectivity index (χ1v) is 6.60. The maximum atomic E-state index is 13.2. The van der Waals surface area contributed by atoms with Crippen molar-refractivity contribution in [1.29, 1.82) is 0 Å². The fourth-order valence-electron chi connectivity index (χ4n) is 1.91. The molecule has 0 radical (unpaired) electrons. The minimum Gasteiger partial charge on any atom is -0.495 e. The van der Waals surface area contributed by atoms with Crippen LogP contribution in [-0.4, -0.2) is 22.1 Å². The number of nitrogens with one attached hydrogen (secondary N) is 1. The van der Waals surface area contributed by atoms with E-state index in [1.807, 2.05) is 12.1 Å². The first kappa shape index (κ1) is 13.9. The molecule has 0 unspecified atom stereocenters. The maximum absolute atomic E-state index is 13.2. The minimum atomic E-state index is -0.321. The van der Waals surface area contributed by atoms with Crippen LogP contribution in [0.3, 0.4) is 0 Å². The van der Waals surface area contributed by atoms with Gasteiger partial charge in [0.05, 0.1) is 24.7 Å². The number of rotatable bonds is 4. The quantitative estimate of drug-likeness (QED) is 0.799. The highest BCUT2D eigenvalue weighted by molar-refractivity contribution is 5.59. The number of anilines is 2. The topological polar surface area (TPSA) is 59.9 Å². The van der Waals surface area contributed by atoms with Crippen LogP contribution in [0.2, 0.25) is 0 Å². The summed E-state index contributed by atoms with van der Waals surface area (Å²) in [5.41, 5.74) is 1.95. The van der Waals surface area contributed by atoms with Crippen molar-refractivity contribution < 1.29 is 9.13 Å². The highest BCUT2D eigenvalue weighted by Gasteiger charge is 2.05. The van der Waals surface area contributed by atoms with E-state index in [1.54, 1.807) is 37.7 Å². The Morgan fingerprint density at radius 2 is 1.95 bits per heavy atom. The second-order valence-electron chi connectivity index (χ2n) is 4.48. The maximum Gasteiger partial charge on any atom is 0.227 e. The lowest BCUT2D eigenvalue weighted by molar-refractivity contribution is 0.413. The zero-order chi connectivity index (χ0) is 15.4. The number of halogens is 1. The Hall–Kier alpha value is -3.02. The van der Waals surface area contributed by atoms with Gasteiger partial charge < -0.3 is 10.1 Å². The lowest BCUT2D eigenvalue weighted by atomic mass is 10.2. The third kappa shape index (κ3) is 3.17. The van der Waals surface area contributed by atoms with E-state index < -0.39 is 0 Å². The predicted molar refractivity (Wildman–Crippen MR) is 81.5 cm³/mol. The molecule has 22 heavy (non-hydrogen) atoms. The van der Waals surface area contributed by atoms with Gasteiger partial charge in [-0.25, -0.2) is 14.4 Å². The Morgan fingerprint density at radius 1 is 1.05 bits per heavy atom. The van der Waals surface area contributed by atoms with Crippen molar-refractivity contribution in [3.05, 3.63) is 60.7 Å². The van der Waals surface area contributed by atoms with Crippen LogP contribution in [0.4, 0.5) is 16.0 Å². The van der Waals surface area contributed by atoms with Crippen LogP contribution in [0.15, 0.2) is 54.9 Å². The van der Waals surface area contributed by atoms with Gasteiger partial charge in [0.25, 0.3) is 0 Å². The van der Waals surface area contributed by atoms with Crippen LogP contribution in [0.25, 0.3) is 11.4 Å². The summed E-state index contributed by atoms with van der Waals surface area (Å²) in [6.45, 7) is 0. The summed E-state index contributed by atoms with van der Waals surface area (Å²) in [7, 11) is 1.59. The molecule has 0 aliphatic heterocycles. The number of aromatic nitrogens is 3. The summed E-state index contributed by atoms with van der Waals surface area (Å²) in [4.78, 5) is 12.8. The lowest BCUT2D eigenvalue weighted by Crippen LogP contribution is -1.98. The summed E-state index contributed by atoms with van der Waals surface area (Å²) in [6.07, 6.45) is 3.24. The second kappa shape index (κ2) is 6.17. The third-order valence-corrected chi connectivity index (χ3v) is 2.97. The average molecular weight is 296 g/mol. The standard InChI is InChI=1S/C16H13FN4O/c1-22-13-5-6-14(19-10-13)15-7-8-18-16(21-15)20-12-4-2-3-11(17)9-12/h2-10H,1H3,(H,18,20,21). The van der Waals surface area contributed by atoms with E-state index in [0.717, 1.165) is 0 Å². The Morgan fingerprint density at radius 3 is 2.68 bits per heavy atom. The molecule has 0 amide bonds. The fourth-order valence-corrected chi connectivity index (χ4v) is 1.91. The van der Waals surface area contributed by atoms with Crippen molar-refractivity contribution in [2.24, 2.45) is 0 Å². The van der Waals surface area contributed by atoms with Gasteiger partial charge >= 0.3 is 0 Å². The highest BCUT2D eigenvalue weighted by atomic mass is 19.1. The average Bonchev–Trinajstić information content (AvgIpc) is 2.55. The molecule has 1 aromatic carbocycles. The molecule has 0 atom stereocenters. The number of hydrogen-bond donors (Lipinski definition) is 1. The number of pyridine rings is 1. The molecule has 0 saturated heterocycles. The molecule has 2 heterocycles. The zero-order valence-electron chi connectivity index (χ0n) is 11.8. The van der Waals surface area contributed by atoms with E-state index in [1.165, 1.54) is 12.1 Å². The van der Waals surface area contributed by atoms with E-state index >= 15 is 0 Å². The molecule has 0 aliphatic carbocycles. The van der Waals surface area contributed by atoms with Gasteiger partial charge in [0.1, 0.15) is 11.6 Å². The molecule has 3 aromatic rings. The number of benzene rings is 1. The summed E-state index contributed by atoms with van der Waals surface area (Å²) in [6, 6.07) is 11.5. The fraction of sp³-hybridized carbons (Fsp3) is 0.0625. The SMILES string of the molecule is COc1ccc(-c2ccnc(Nc3cccc(F)c3)n2)nc1. The molecule has 0 saturated carbocycles. The van der Waals surface area contributed by atoms with Gasteiger partial charge in [-0.1, -0.05) is 6.07 Å². The first-order valence-electron chi connectivity index (χ1n) is 6.60. The van der Waals surface area contributed by atoms with Crippen LogP contribution in [-0.2, 0) is 0 Å². The van der Waals surface area contributed by atoms with Crippen molar-refractivity contribution >= 4 is 11.6 Å². The molecule has 0 fully saturated rings. The van der Waals surface area contributed by atoms with Gasteiger partial charge in [0, 0.05) is 11.9 Å². The largest absolute Gasteiger partial charge is 0.495 e. The number of methoxy groups -OCH3 is 1. The summed E-state index contributed by atoms with van der Waals surface area (Å²) < 4.78 is 18.3. The molecule has 110 valence electrons. The van der Waals surface area contributed by atoms with E-state index in [4.69, 9.17) is 4.74 Å². The molecular formula is C16H13FN4O. The van der Waals surface area contributed by atoms with Crippen LogP contribution in [0.1, 0.15) is 0 Å². The van der Waals surface area contributed by atoms with Crippen LogP contribution >= 0.6 is 0 Å². The summed E-state index contributed by atoms with van der Waals surface area (Å²) in [5, 5.41) is 2.96. The van der Waals surface area contributed by atoms with E-state index in [-0.39, 0.29) is 5.82 Å². The molecular weight excluding hydrogens is 283 g/mol. The molecule has 6 heteroatoms. The zero-order valence-corrected chi connectivity index (χ0v) is 11.8. The van der Waals surface area contributed by atoms with Crippen molar-refractivity contribution in [1.82, 2.24) is 15.0 Å². The van der Waals surface area contributed by atoms with Crippen molar-refractivity contribution in [3.8, 4) is 17.1 Å². The van der Waals surface area contributed by atoms with Crippen molar-refractivity contribution in [3.63, 3.8) is 0 Å². The predicted octanol–water partition coefficient (Wildman–Crippen LogP) is 3.43. The first-order chi connectivity index (χ1) is 10.7. The Balaban J connectivity index is 1.85. The van der Waals surface area contributed by atoms with Crippen LogP contribution in [0.5, 0.6) is 5.75 Å². The number of nitrogens with zero attached hydrogens (tertiary/aromatic N) is 3. The van der Waals surface area contributed by atoms with E-state index in [0.29, 0.717) is 28.8 Å². The molecule has 5 nitrogen and oxygen atoms in total. The van der Waals surface area contributed by atoms with Gasteiger partial charge in [0.2, 0.25) is 5.95 Å². The Bertz CT molecular complexity index is 777. The second-order valence-corrected chi connectivity index (χ2v) is 4.48. The molecule has 3 rings (SSSR count). The Labute approximate surface area is 126 Å². The molecule has 2 aromatic heterocycles. The summed E-state index contributed by atoms with van der Waals surface area (Å²) in [5.74, 6) is 0.731. The van der Waals surface area contributed by atoms with E-state index in [2.05, 4.69) is 20.3 Å². The van der Waals surface area contributed by atoms with Gasteiger partial charge in [-0.15, -0.1) is 0 Å². The lowest BCUT2D eigenvalue weighted by Gasteiger charge is -2.06. The smallest absolute Gasteiger partial charge is 0.227 e. The molecule has 0 bridgehead atoms. The van der Waals surface area contributed by atoms with Crippen LogP contribution < -0.4 is 10.1 Å². The normalized spacial score (nSPS) is 10.3. The van der Waals surface area contributed by atoms with Crippen LogP contribution in [0, 0.1) is 5.82 Å². The minimum absolute atomic E-state index is 0.321. The van der Waals surface area contributed by atoms with Gasteiger partial charge in [-0.2, -0.15) is 0 Å². The number of ether oxygens (including phenoxy) is 1. The number of hydrogen-bond acceptors (Lipinski definition) is 5. The van der Waals surface area contributed by atoms with E-state index in [9.17, 15) is 4.39 Å². The molecule has 1 N–H and O–H groups in total. The molecule has 0 aliphatic rings. The third-order valence-electron chi connectivity index (χ3n) is 2.97. The van der Waals surface area contributed by atoms with Crippen molar-refractivity contribution in [2.75, 3.05) is 12.4 Å². The monoisotopic (exact) mass is 296 g/mol. The highest BCUT2D eigenvalue weighted by Crippen LogP contribution is 2.19. The summed E-state index contributed by atoms with van der Waals surface area (Å²) >= 11 is 0. The van der Waals surface area contributed by atoms with Gasteiger partial charge in [-0.05, 0) is 36.4 Å². The Kier molecular flexibility index (Phi) is 3.91. The molecule has 0 spiro atoms. The van der Waals surface area contributed by atoms with Crippen molar-refractivity contribution in [2.45, 2.75) is 0 Å². The van der Waals surface area contributed by atoms with Gasteiger partial charge in [-0.3, -0.25) is 4.98 Å².